The number of rotatable bonds is 3. The minimum absolute atomic E-state index is 0.0723. The fourth-order valence-electron chi connectivity index (χ4n) is 1.37. The molecule has 1 heterocycles. The summed E-state index contributed by atoms with van der Waals surface area (Å²) in [4.78, 5) is 10.8. The molecule has 1 saturated heterocycles. The Kier molecular flexibility index (Phi) is 4.78. The molecule has 0 aliphatic carbocycles. The molecule has 0 radical (unpaired) electrons. The van der Waals surface area contributed by atoms with Crippen molar-refractivity contribution in [3.63, 3.8) is 0 Å². The summed E-state index contributed by atoms with van der Waals surface area (Å²) in [6, 6.07) is 0. The summed E-state index contributed by atoms with van der Waals surface area (Å²) < 4.78 is 9.87. The predicted octanol–water partition coefficient (Wildman–Crippen LogP) is 0.318. The lowest BCUT2D eigenvalue weighted by Gasteiger charge is -2.14. The van der Waals surface area contributed by atoms with Gasteiger partial charge in [-0.25, -0.2) is 4.79 Å². The minimum Gasteiger partial charge on any atom is -0.467 e. The van der Waals surface area contributed by atoms with Crippen molar-refractivity contribution < 1.29 is 14.3 Å². The molecule has 0 saturated carbocycles. The highest BCUT2D eigenvalue weighted by atomic mass is 16.6. The van der Waals surface area contributed by atoms with Crippen LogP contribution in [-0.4, -0.2) is 38.9 Å². The minimum atomic E-state index is -0.302. The van der Waals surface area contributed by atoms with Crippen molar-refractivity contribution in [2.24, 2.45) is 0 Å². The lowest BCUT2D eigenvalue weighted by Crippen LogP contribution is -2.29. The van der Waals surface area contributed by atoms with E-state index in [2.05, 4.69) is 10.1 Å². The summed E-state index contributed by atoms with van der Waals surface area (Å²) in [6.07, 6.45) is 3.56. The normalized spacial score (nSPS) is 23.6. The Bertz CT molecular complexity index is 153. The second-order valence-corrected chi connectivity index (χ2v) is 3.21. The molecule has 1 unspecified atom stereocenters. The van der Waals surface area contributed by atoms with Crippen molar-refractivity contribution >= 4 is 5.97 Å². The molecule has 1 rings (SSSR count). The van der Waals surface area contributed by atoms with E-state index >= 15 is 0 Å². The van der Waals surface area contributed by atoms with Gasteiger partial charge in [-0.1, -0.05) is 0 Å². The maximum absolute atomic E-state index is 10.8. The Morgan fingerprint density at radius 1 is 1.54 bits per heavy atom. The van der Waals surface area contributed by atoms with Gasteiger partial charge in [-0.15, -0.1) is 0 Å². The van der Waals surface area contributed by atoms with Crippen LogP contribution in [0.15, 0.2) is 0 Å². The second-order valence-electron chi connectivity index (χ2n) is 3.21. The molecule has 0 aromatic rings. The quantitative estimate of drug-likeness (QED) is 0.646. The second kappa shape index (κ2) is 5.94. The summed E-state index contributed by atoms with van der Waals surface area (Å²) in [6.45, 7) is 1.97. The van der Waals surface area contributed by atoms with Crippen molar-refractivity contribution in [3.8, 4) is 0 Å². The number of methoxy groups -OCH3 is 1. The Hall–Kier alpha value is -0.610. The first-order valence-corrected chi connectivity index (χ1v) is 4.72. The molecule has 1 atom stereocenters. The number of hydrogen-bond acceptors (Lipinski definition) is 4. The lowest BCUT2D eigenvalue weighted by molar-refractivity contribution is -0.148. The summed E-state index contributed by atoms with van der Waals surface area (Å²) >= 11 is 0. The number of nitrogens with one attached hydrogen (secondary N) is 1. The first kappa shape index (κ1) is 10.5. The van der Waals surface area contributed by atoms with Gasteiger partial charge < -0.3 is 14.8 Å². The molecule has 0 aromatic heterocycles. The number of carbonyl (C=O) groups is 1. The highest BCUT2D eigenvalue weighted by Crippen LogP contribution is 2.07. The fourth-order valence-corrected chi connectivity index (χ4v) is 1.37. The standard InChI is InChI=1S/C9H17NO3/c1-12-9(11)7-13-8-4-2-3-5-10-6-8/h8,10H,2-7H2,1H3. The topological polar surface area (TPSA) is 47.6 Å². The molecule has 4 heteroatoms. The summed E-state index contributed by atoms with van der Waals surface area (Å²) in [5.74, 6) is -0.302. The molecule has 4 nitrogen and oxygen atoms in total. The van der Waals surface area contributed by atoms with E-state index in [1.165, 1.54) is 20.0 Å². The maximum atomic E-state index is 10.8. The molecule has 1 aliphatic heterocycles. The van der Waals surface area contributed by atoms with Crippen LogP contribution in [0.5, 0.6) is 0 Å². The summed E-state index contributed by atoms with van der Waals surface area (Å²) in [5.41, 5.74) is 0. The largest absolute Gasteiger partial charge is 0.467 e. The van der Waals surface area contributed by atoms with Crippen molar-refractivity contribution in [2.45, 2.75) is 25.4 Å². The van der Waals surface area contributed by atoms with Crippen molar-refractivity contribution in [2.75, 3.05) is 26.8 Å². The summed E-state index contributed by atoms with van der Waals surface area (Å²) in [5, 5.41) is 3.26. The Balaban J connectivity index is 2.15. The van der Waals surface area contributed by atoms with Gasteiger partial charge in [0.05, 0.1) is 13.2 Å². The number of carbonyl (C=O) groups excluding carboxylic acids is 1. The van der Waals surface area contributed by atoms with Gasteiger partial charge in [-0.3, -0.25) is 0 Å². The zero-order chi connectivity index (χ0) is 9.52. The molecule has 1 aliphatic rings. The van der Waals surface area contributed by atoms with Gasteiger partial charge in [0.25, 0.3) is 0 Å². The SMILES string of the molecule is COC(=O)COC1CCCCNC1. The zero-order valence-electron chi connectivity index (χ0n) is 8.04. The lowest BCUT2D eigenvalue weighted by atomic mass is 10.2. The van der Waals surface area contributed by atoms with Crippen LogP contribution in [-0.2, 0) is 14.3 Å². The van der Waals surface area contributed by atoms with Gasteiger partial charge in [-0.05, 0) is 25.8 Å². The van der Waals surface area contributed by atoms with Gasteiger partial charge in [0.15, 0.2) is 0 Å². The number of hydrogen-bond donors (Lipinski definition) is 1. The average molecular weight is 187 g/mol. The molecule has 0 aromatic carbocycles. The van der Waals surface area contributed by atoms with E-state index in [9.17, 15) is 4.79 Å². The molecular formula is C9H17NO3. The monoisotopic (exact) mass is 187 g/mol. The van der Waals surface area contributed by atoms with Gasteiger partial charge in [0, 0.05) is 6.54 Å². The molecule has 0 amide bonds. The highest BCUT2D eigenvalue weighted by Gasteiger charge is 2.13. The van der Waals surface area contributed by atoms with Gasteiger partial charge in [0.1, 0.15) is 6.61 Å². The van der Waals surface area contributed by atoms with E-state index in [1.807, 2.05) is 0 Å². The molecule has 0 bridgehead atoms. The smallest absolute Gasteiger partial charge is 0.331 e. The van der Waals surface area contributed by atoms with Crippen LogP contribution in [0.3, 0.4) is 0 Å². The average Bonchev–Trinajstić information content (AvgIpc) is 2.42. The third kappa shape index (κ3) is 4.24. The Morgan fingerprint density at radius 3 is 3.15 bits per heavy atom. The van der Waals surface area contributed by atoms with Gasteiger partial charge >= 0.3 is 5.97 Å². The summed E-state index contributed by atoms with van der Waals surface area (Å²) in [7, 11) is 1.37. The molecule has 1 fully saturated rings. The van der Waals surface area contributed by atoms with Gasteiger partial charge in [-0.2, -0.15) is 0 Å². The zero-order valence-corrected chi connectivity index (χ0v) is 8.04. The molecule has 1 N–H and O–H groups in total. The van der Waals surface area contributed by atoms with Crippen LogP contribution in [0.1, 0.15) is 19.3 Å². The highest BCUT2D eigenvalue weighted by molar-refractivity contribution is 5.70. The van der Waals surface area contributed by atoms with E-state index < -0.39 is 0 Å². The molecule has 0 spiro atoms. The van der Waals surface area contributed by atoms with E-state index in [1.54, 1.807) is 0 Å². The third-order valence-electron chi connectivity index (χ3n) is 2.17. The van der Waals surface area contributed by atoms with Crippen molar-refractivity contribution in [3.05, 3.63) is 0 Å². The van der Waals surface area contributed by atoms with E-state index in [0.717, 1.165) is 19.5 Å². The van der Waals surface area contributed by atoms with Gasteiger partial charge in [0.2, 0.25) is 0 Å². The first-order valence-electron chi connectivity index (χ1n) is 4.72. The third-order valence-corrected chi connectivity index (χ3v) is 2.17. The number of ether oxygens (including phenoxy) is 2. The maximum Gasteiger partial charge on any atom is 0.331 e. The van der Waals surface area contributed by atoms with Crippen LogP contribution in [0.25, 0.3) is 0 Å². The van der Waals surface area contributed by atoms with Crippen LogP contribution < -0.4 is 5.32 Å². The van der Waals surface area contributed by atoms with E-state index in [0.29, 0.717) is 0 Å². The Labute approximate surface area is 78.6 Å². The van der Waals surface area contributed by atoms with Crippen LogP contribution in [0.2, 0.25) is 0 Å². The predicted molar refractivity (Wildman–Crippen MR) is 48.5 cm³/mol. The van der Waals surface area contributed by atoms with E-state index in [4.69, 9.17) is 4.74 Å². The first-order chi connectivity index (χ1) is 6.33. The fraction of sp³-hybridized carbons (Fsp3) is 0.889. The molecule has 13 heavy (non-hydrogen) atoms. The van der Waals surface area contributed by atoms with E-state index in [-0.39, 0.29) is 18.7 Å². The molecule has 76 valence electrons. The number of esters is 1. The van der Waals surface area contributed by atoms with Crippen LogP contribution in [0.4, 0.5) is 0 Å². The van der Waals surface area contributed by atoms with Crippen molar-refractivity contribution in [1.29, 1.82) is 0 Å². The van der Waals surface area contributed by atoms with Crippen LogP contribution in [0, 0.1) is 0 Å². The van der Waals surface area contributed by atoms with Crippen LogP contribution >= 0.6 is 0 Å². The van der Waals surface area contributed by atoms with Crippen molar-refractivity contribution in [1.82, 2.24) is 5.32 Å². The Morgan fingerprint density at radius 2 is 2.38 bits per heavy atom. The molecular weight excluding hydrogens is 170 g/mol.